The maximum atomic E-state index is 13.4. The zero-order valence-corrected chi connectivity index (χ0v) is 12.0. The van der Waals surface area contributed by atoms with Crippen LogP contribution < -0.4 is 0 Å². The predicted octanol–water partition coefficient (Wildman–Crippen LogP) is 5.16. The number of hydrogen-bond donors (Lipinski definition) is 1. The lowest BCUT2D eigenvalue weighted by molar-refractivity contribution is -0.248. The molecule has 0 aliphatic rings. The van der Waals surface area contributed by atoms with Gasteiger partial charge in [0.1, 0.15) is 0 Å². The summed E-state index contributed by atoms with van der Waals surface area (Å²) in [5.74, 6) is 0. The molecule has 2 rings (SSSR count). The van der Waals surface area contributed by atoms with E-state index in [1.165, 1.54) is 0 Å². The van der Waals surface area contributed by atoms with Crippen molar-refractivity contribution in [3.05, 3.63) is 70.2 Å². The summed E-state index contributed by atoms with van der Waals surface area (Å²) >= 11 is 5.60. The van der Waals surface area contributed by atoms with Gasteiger partial charge in [-0.05, 0) is 35.4 Å². The number of aliphatic hydroxyl groups is 1. The summed E-state index contributed by atoms with van der Waals surface area (Å²) in [5.41, 5.74) is -6.43. The first-order valence-electron chi connectivity index (χ1n) is 6.19. The largest absolute Gasteiger partial charge is 0.425 e. The van der Waals surface area contributed by atoms with Gasteiger partial charge in [0.25, 0.3) is 0 Å². The Bertz CT molecular complexity index is 692. The normalized spacial score (nSPS) is 15.3. The highest BCUT2D eigenvalue weighted by Gasteiger charge is 2.56. The molecule has 1 unspecified atom stereocenters. The van der Waals surface area contributed by atoms with Crippen molar-refractivity contribution < 1.29 is 31.4 Å². The zero-order chi connectivity index (χ0) is 17.5. The third kappa shape index (κ3) is 3.30. The van der Waals surface area contributed by atoms with Crippen molar-refractivity contribution in [3.8, 4) is 0 Å². The molecule has 0 fully saturated rings. The topological polar surface area (TPSA) is 20.2 Å². The second kappa shape index (κ2) is 5.72. The molecule has 0 radical (unpaired) electrons. The van der Waals surface area contributed by atoms with Gasteiger partial charge in [-0.1, -0.05) is 35.9 Å². The van der Waals surface area contributed by atoms with Crippen molar-refractivity contribution in [1.82, 2.24) is 0 Å². The lowest BCUT2D eigenvalue weighted by Crippen LogP contribution is -2.43. The van der Waals surface area contributed by atoms with Crippen LogP contribution in [-0.2, 0) is 11.8 Å². The molecule has 1 nitrogen and oxygen atoms in total. The van der Waals surface area contributed by atoms with E-state index >= 15 is 0 Å². The molecular weight excluding hydrogens is 346 g/mol. The summed E-state index contributed by atoms with van der Waals surface area (Å²) < 4.78 is 78.5. The molecular formula is C15H9ClF6O. The SMILES string of the molecule is OC(c1ccc(Cl)cc1)(c1cccc(C(F)(F)F)c1)C(F)(F)F. The first-order chi connectivity index (χ1) is 10.5. The fourth-order valence-electron chi connectivity index (χ4n) is 2.11. The molecule has 0 spiro atoms. The summed E-state index contributed by atoms with van der Waals surface area (Å²) in [7, 11) is 0. The molecule has 2 aromatic rings. The van der Waals surface area contributed by atoms with Gasteiger partial charge in [0.15, 0.2) is 0 Å². The number of rotatable bonds is 2. The maximum absolute atomic E-state index is 13.4. The van der Waals surface area contributed by atoms with E-state index in [0.717, 1.165) is 36.4 Å². The first kappa shape index (κ1) is 17.6. The maximum Gasteiger partial charge on any atom is 0.425 e. The Morgan fingerprint density at radius 2 is 1.26 bits per heavy atom. The monoisotopic (exact) mass is 354 g/mol. The molecule has 124 valence electrons. The molecule has 0 saturated carbocycles. The van der Waals surface area contributed by atoms with Gasteiger partial charge in [-0.2, -0.15) is 26.3 Å². The van der Waals surface area contributed by atoms with E-state index in [-0.39, 0.29) is 11.1 Å². The van der Waals surface area contributed by atoms with Crippen LogP contribution in [0.4, 0.5) is 26.3 Å². The van der Waals surface area contributed by atoms with Gasteiger partial charge in [0.05, 0.1) is 5.56 Å². The highest BCUT2D eigenvalue weighted by atomic mass is 35.5. The third-order valence-electron chi connectivity index (χ3n) is 3.28. The molecule has 0 bridgehead atoms. The van der Waals surface area contributed by atoms with E-state index < -0.39 is 34.6 Å². The van der Waals surface area contributed by atoms with Crippen LogP contribution in [0.2, 0.25) is 5.02 Å². The van der Waals surface area contributed by atoms with Gasteiger partial charge in [-0.25, -0.2) is 0 Å². The summed E-state index contributed by atoms with van der Waals surface area (Å²) in [6.07, 6.45) is -10.1. The fourth-order valence-corrected chi connectivity index (χ4v) is 2.23. The molecule has 0 aromatic heterocycles. The number of benzene rings is 2. The molecule has 23 heavy (non-hydrogen) atoms. The van der Waals surface area contributed by atoms with Gasteiger partial charge in [-0.15, -0.1) is 0 Å². The number of alkyl halides is 6. The summed E-state index contributed by atoms with van der Waals surface area (Å²) in [4.78, 5) is 0. The Kier molecular flexibility index (Phi) is 4.38. The number of hydrogen-bond acceptors (Lipinski definition) is 1. The van der Waals surface area contributed by atoms with E-state index in [0.29, 0.717) is 6.07 Å². The van der Waals surface area contributed by atoms with E-state index in [1.807, 2.05) is 0 Å². The van der Waals surface area contributed by atoms with Crippen LogP contribution in [-0.4, -0.2) is 11.3 Å². The lowest BCUT2D eigenvalue weighted by atomic mass is 9.85. The Hall–Kier alpha value is -1.73. The zero-order valence-electron chi connectivity index (χ0n) is 11.2. The van der Waals surface area contributed by atoms with E-state index in [4.69, 9.17) is 11.6 Å². The quantitative estimate of drug-likeness (QED) is 0.739. The van der Waals surface area contributed by atoms with Crippen molar-refractivity contribution >= 4 is 11.6 Å². The smallest absolute Gasteiger partial charge is 0.372 e. The minimum Gasteiger partial charge on any atom is -0.372 e. The van der Waals surface area contributed by atoms with Crippen LogP contribution in [0.5, 0.6) is 0 Å². The molecule has 0 aliphatic carbocycles. The third-order valence-corrected chi connectivity index (χ3v) is 3.53. The lowest BCUT2D eigenvalue weighted by Gasteiger charge is -2.32. The summed E-state index contributed by atoms with van der Waals surface area (Å²) in [6.45, 7) is 0. The van der Waals surface area contributed by atoms with Crippen molar-refractivity contribution in [2.75, 3.05) is 0 Å². The van der Waals surface area contributed by atoms with Crippen LogP contribution in [0.3, 0.4) is 0 Å². The standard InChI is InChI=1S/C15H9ClF6O/c16-12-6-4-9(5-7-12)13(23,15(20,21)22)10-2-1-3-11(8-10)14(17,18)19/h1-8,23H. The molecule has 0 saturated heterocycles. The molecule has 0 heterocycles. The van der Waals surface area contributed by atoms with Crippen molar-refractivity contribution in [2.45, 2.75) is 18.0 Å². The molecule has 0 amide bonds. The summed E-state index contributed by atoms with van der Waals surface area (Å²) in [6, 6.07) is 6.56. The average Bonchev–Trinajstić information content (AvgIpc) is 2.45. The van der Waals surface area contributed by atoms with E-state index in [9.17, 15) is 31.4 Å². The number of halogens is 7. The Morgan fingerprint density at radius 3 is 1.74 bits per heavy atom. The van der Waals surface area contributed by atoms with E-state index in [2.05, 4.69) is 0 Å². The minimum absolute atomic E-state index is 0.127. The van der Waals surface area contributed by atoms with Crippen LogP contribution in [0.25, 0.3) is 0 Å². The fraction of sp³-hybridized carbons (Fsp3) is 0.200. The Labute approximate surface area is 132 Å². The Morgan fingerprint density at radius 1 is 0.739 bits per heavy atom. The van der Waals surface area contributed by atoms with Crippen molar-refractivity contribution in [1.29, 1.82) is 0 Å². The van der Waals surface area contributed by atoms with Gasteiger partial charge in [0.2, 0.25) is 5.60 Å². The van der Waals surface area contributed by atoms with Crippen LogP contribution in [0, 0.1) is 0 Å². The van der Waals surface area contributed by atoms with E-state index in [1.54, 1.807) is 0 Å². The molecule has 0 aliphatic heterocycles. The second-order valence-electron chi connectivity index (χ2n) is 4.79. The Balaban J connectivity index is 2.67. The molecule has 8 heteroatoms. The van der Waals surface area contributed by atoms with Crippen LogP contribution >= 0.6 is 11.6 Å². The average molecular weight is 355 g/mol. The van der Waals surface area contributed by atoms with Crippen molar-refractivity contribution in [3.63, 3.8) is 0 Å². The van der Waals surface area contributed by atoms with Gasteiger partial charge < -0.3 is 5.11 Å². The minimum atomic E-state index is -5.23. The highest BCUT2D eigenvalue weighted by molar-refractivity contribution is 6.30. The molecule has 2 aromatic carbocycles. The summed E-state index contributed by atoms with van der Waals surface area (Å²) in [5, 5.41) is 10.4. The first-order valence-corrected chi connectivity index (χ1v) is 6.57. The van der Waals surface area contributed by atoms with Crippen molar-refractivity contribution in [2.24, 2.45) is 0 Å². The van der Waals surface area contributed by atoms with Gasteiger partial charge >= 0.3 is 12.4 Å². The molecule has 1 N–H and O–H groups in total. The van der Waals surface area contributed by atoms with Crippen LogP contribution in [0.15, 0.2) is 48.5 Å². The van der Waals surface area contributed by atoms with Gasteiger partial charge in [-0.3, -0.25) is 0 Å². The second-order valence-corrected chi connectivity index (χ2v) is 5.23. The molecule has 1 atom stereocenters. The van der Waals surface area contributed by atoms with Gasteiger partial charge in [0, 0.05) is 5.02 Å². The highest BCUT2D eigenvalue weighted by Crippen LogP contribution is 2.45. The van der Waals surface area contributed by atoms with Crippen LogP contribution in [0.1, 0.15) is 16.7 Å². The predicted molar refractivity (Wildman–Crippen MR) is 71.9 cm³/mol.